The minimum atomic E-state index is 1.13. The van der Waals surface area contributed by atoms with Gasteiger partial charge in [-0.15, -0.1) is 0 Å². The van der Waals surface area contributed by atoms with Gasteiger partial charge in [-0.1, -0.05) is 121 Å². The van der Waals surface area contributed by atoms with Crippen LogP contribution in [-0.2, 0) is 0 Å². The standard InChI is InChI=1S/C42H28N2/c1-5-13-37-31(9-1)35(19-17-29-21-25-43-26-22-29)32-10-2-6-14-38(32)41(37)42-39-15-7-3-11-33(39)36(34-12-4-8-16-40(34)42)20-18-30-23-27-44-28-24-30/h1-28H/b19-17+,20-18+. The highest BCUT2D eigenvalue weighted by Crippen LogP contribution is 2.46. The SMILES string of the molecule is C(=C\c1c2ccccc2c(-c2c3ccccc3c(/C=C/c3ccncc3)c3ccccc23)c2ccccc12)/c1ccncc1. The van der Waals surface area contributed by atoms with Crippen LogP contribution in [-0.4, -0.2) is 9.97 Å². The van der Waals surface area contributed by atoms with Crippen molar-refractivity contribution in [2.24, 2.45) is 0 Å². The van der Waals surface area contributed by atoms with Gasteiger partial charge in [-0.05, 0) is 101 Å². The van der Waals surface area contributed by atoms with E-state index in [2.05, 4.69) is 131 Å². The second-order valence-electron chi connectivity index (χ2n) is 11.0. The van der Waals surface area contributed by atoms with Gasteiger partial charge in [-0.2, -0.15) is 0 Å². The van der Waals surface area contributed by atoms with Crippen molar-refractivity contribution in [3.05, 3.63) is 168 Å². The Bertz CT molecular complexity index is 2080. The number of fused-ring (bicyclic) bond motifs is 4. The van der Waals surface area contributed by atoms with Crippen LogP contribution in [0, 0.1) is 0 Å². The molecule has 0 spiro atoms. The second kappa shape index (κ2) is 11.1. The van der Waals surface area contributed by atoms with Gasteiger partial charge < -0.3 is 0 Å². The zero-order valence-corrected chi connectivity index (χ0v) is 24.1. The van der Waals surface area contributed by atoms with Crippen molar-refractivity contribution >= 4 is 67.4 Å². The van der Waals surface area contributed by atoms with Gasteiger partial charge in [0.15, 0.2) is 0 Å². The highest BCUT2D eigenvalue weighted by Gasteiger charge is 2.20. The van der Waals surface area contributed by atoms with Crippen molar-refractivity contribution in [2.75, 3.05) is 0 Å². The Kier molecular flexibility index (Phi) is 6.51. The summed E-state index contributed by atoms with van der Waals surface area (Å²) in [6.45, 7) is 0. The molecule has 0 N–H and O–H groups in total. The van der Waals surface area contributed by atoms with E-state index in [1.165, 1.54) is 65.3 Å². The predicted octanol–water partition coefficient (Wildman–Crippen LogP) is 11.1. The number of aromatic nitrogens is 2. The maximum atomic E-state index is 4.19. The molecule has 2 nitrogen and oxygen atoms in total. The number of benzene rings is 6. The molecule has 2 heterocycles. The topological polar surface area (TPSA) is 25.8 Å². The fourth-order valence-electron chi connectivity index (χ4n) is 6.53. The third kappa shape index (κ3) is 4.45. The normalized spacial score (nSPS) is 11.9. The van der Waals surface area contributed by atoms with Gasteiger partial charge in [0.25, 0.3) is 0 Å². The van der Waals surface area contributed by atoms with Gasteiger partial charge in [0.1, 0.15) is 0 Å². The minimum Gasteiger partial charge on any atom is -0.265 e. The molecule has 0 saturated heterocycles. The van der Waals surface area contributed by atoms with Gasteiger partial charge in [0, 0.05) is 24.8 Å². The average molecular weight is 561 g/mol. The van der Waals surface area contributed by atoms with E-state index >= 15 is 0 Å². The van der Waals surface area contributed by atoms with E-state index in [0.29, 0.717) is 0 Å². The summed E-state index contributed by atoms with van der Waals surface area (Å²) in [6, 6.07) is 43.5. The van der Waals surface area contributed by atoms with Gasteiger partial charge in [0.2, 0.25) is 0 Å². The largest absolute Gasteiger partial charge is 0.265 e. The first-order valence-electron chi connectivity index (χ1n) is 14.9. The van der Waals surface area contributed by atoms with Crippen LogP contribution in [0.5, 0.6) is 0 Å². The molecule has 206 valence electrons. The molecule has 6 aromatic carbocycles. The number of hydrogen-bond acceptors (Lipinski definition) is 2. The fourth-order valence-corrected chi connectivity index (χ4v) is 6.53. The summed E-state index contributed by atoms with van der Waals surface area (Å²) in [7, 11) is 0. The van der Waals surface area contributed by atoms with Crippen molar-refractivity contribution < 1.29 is 0 Å². The van der Waals surface area contributed by atoms with Gasteiger partial charge in [-0.25, -0.2) is 0 Å². The van der Waals surface area contributed by atoms with Crippen molar-refractivity contribution in [1.29, 1.82) is 0 Å². The molecule has 0 aliphatic carbocycles. The van der Waals surface area contributed by atoms with Crippen molar-refractivity contribution in [3.8, 4) is 11.1 Å². The van der Waals surface area contributed by atoms with Crippen LogP contribution in [0.15, 0.2) is 146 Å². The number of pyridine rings is 2. The highest BCUT2D eigenvalue weighted by molar-refractivity contribution is 6.27. The van der Waals surface area contributed by atoms with Gasteiger partial charge >= 0.3 is 0 Å². The van der Waals surface area contributed by atoms with Crippen molar-refractivity contribution in [3.63, 3.8) is 0 Å². The van der Waals surface area contributed by atoms with Crippen LogP contribution < -0.4 is 0 Å². The number of rotatable bonds is 5. The lowest BCUT2D eigenvalue weighted by atomic mass is 9.82. The van der Waals surface area contributed by atoms with E-state index in [1.54, 1.807) is 0 Å². The smallest absolute Gasteiger partial charge is 0.0273 e. The first-order chi connectivity index (χ1) is 21.9. The summed E-state index contributed by atoms with van der Waals surface area (Å²) < 4.78 is 0. The van der Waals surface area contributed by atoms with Gasteiger partial charge in [0.05, 0.1) is 0 Å². The second-order valence-corrected chi connectivity index (χ2v) is 11.0. The Morgan fingerprint density at radius 3 is 0.864 bits per heavy atom. The van der Waals surface area contributed by atoms with Crippen molar-refractivity contribution in [2.45, 2.75) is 0 Å². The van der Waals surface area contributed by atoms with E-state index in [0.717, 1.165) is 11.1 Å². The molecule has 8 rings (SSSR count). The fraction of sp³-hybridized carbons (Fsp3) is 0. The predicted molar refractivity (Wildman–Crippen MR) is 188 cm³/mol. The monoisotopic (exact) mass is 560 g/mol. The first-order valence-corrected chi connectivity index (χ1v) is 14.9. The molecule has 0 bridgehead atoms. The molecule has 0 fully saturated rings. The average Bonchev–Trinajstić information content (AvgIpc) is 3.10. The lowest BCUT2D eigenvalue weighted by molar-refractivity contribution is 1.32. The van der Waals surface area contributed by atoms with E-state index in [1.807, 2.05) is 49.1 Å². The van der Waals surface area contributed by atoms with E-state index < -0.39 is 0 Å². The summed E-state index contributed by atoms with van der Waals surface area (Å²) in [5.41, 5.74) is 7.25. The minimum absolute atomic E-state index is 1.13. The summed E-state index contributed by atoms with van der Waals surface area (Å²) in [5, 5.41) is 9.93. The van der Waals surface area contributed by atoms with E-state index in [-0.39, 0.29) is 0 Å². The van der Waals surface area contributed by atoms with Crippen LogP contribution in [0.25, 0.3) is 78.5 Å². The van der Waals surface area contributed by atoms with Crippen LogP contribution >= 0.6 is 0 Å². The summed E-state index contributed by atoms with van der Waals surface area (Å²) in [4.78, 5) is 8.38. The molecule has 44 heavy (non-hydrogen) atoms. The molecule has 0 saturated carbocycles. The highest BCUT2D eigenvalue weighted by atomic mass is 14.6. The Morgan fingerprint density at radius 1 is 0.295 bits per heavy atom. The summed E-state index contributed by atoms with van der Waals surface area (Å²) >= 11 is 0. The Hall–Kier alpha value is -5.86. The third-order valence-electron chi connectivity index (χ3n) is 8.49. The molecule has 8 aromatic rings. The lowest BCUT2D eigenvalue weighted by Gasteiger charge is -2.20. The van der Waals surface area contributed by atoms with Crippen LogP contribution in [0.2, 0.25) is 0 Å². The molecule has 0 radical (unpaired) electrons. The van der Waals surface area contributed by atoms with Gasteiger partial charge in [-0.3, -0.25) is 9.97 Å². The maximum absolute atomic E-state index is 4.19. The lowest BCUT2D eigenvalue weighted by Crippen LogP contribution is -1.94. The quantitative estimate of drug-likeness (QED) is 0.196. The number of nitrogens with zero attached hydrogens (tertiary/aromatic N) is 2. The molecule has 0 amide bonds. The van der Waals surface area contributed by atoms with Crippen LogP contribution in [0.1, 0.15) is 22.3 Å². The Labute approximate surface area is 256 Å². The molecule has 0 aliphatic rings. The molecular formula is C42H28N2. The molecule has 0 unspecified atom stereocenters. The summed E-state index contributed by atoms with van der Waals surface area (Å²) in [5.74, 6) is 0. The first kappa shape index (κ1) is 25.8. The van der Waals surface area contributed by atoms with Crippen LogP contribution in [0.3, 0.4) is 0 Å². The molecular weight excluding hydrogens is 532 g/mol. The Balaban J connectivity index is 1.48. The third-order valence-corrected chi connectivity index (χ3v) is 8.49. The van der Waals surface area contributed by atoms with E-state index in [9.17, 15) is 0 Å². The molecule has 0 aliphatic heterocycles. The molecule has 0 atom stereocenters. The molecule has 2 heteroatoms. The molecule has 2 aromatic heterocycles. The van der Waals surface area contributed by atoms with Crippen molar-refractivity contribution in [1.82, 2.24) is 9.97 Å². The maximum Gasteiger partial charge on any atom is 0.0273 e. The van der Waals surface area contributed by atoms with Crippen LogP contribution in [0.4, 0.5) is 0 Å². The zero-order chi connectivity index (χ0) is 29.3. The van der Waals surface area contributed by atoms with E-state index in [4.69, 9.17) is 0 Å². The Morgan fingerprint density at radius 2 is 0.568 bits per heavy atom. The number of hydrogen-bond donors (Lipinski definition) is 0. The summed E-state index contributed by atoms with van der Waals surface area (Å²) in [6.07, 6.45) is 16.2. The zero-order valence-electron chi connectivity index (χ0n) is 24.1.